The fraction of sp³-hybridized carbons (Fsp3) is 0.941. The minimum atomic E-state index is -0.0216. The lowest BCUT2D eigenvalue weighted by molar-refractivity contribution is -0.146. The van der Waals surface area contributed by atoms with E-state index >= 15 is 0 Å². The molecule has 4 bridgehead atoms. The first-order valence-corrected chi connectivity index (χ1v) is 8.54. The van der Waals surface area contributed by atoms with Crippen LogP contribution in [-0.2, 0) is 4.79 Å². The molecule has 1 amide bonds. The van der Waals surface area contributed by atoms with E-state index in [1.165, 1.54) is 19.3 Å². The van der Waals surface area contributed by atoms with Crippen molar-refractivity contribution in [2.45, 2.75) is 58.3 Å². The highest BCUT2D eigenvalue weighted by atomic mass is 16.3. The lowest BCUT2D eigenvalue weighted by Crippen LogP contribution is -2.54. The summed E-state index contributed by atoms with van der Waals surface area (Å²) in [5, 5.41) is 12.3. The van der Waals surface area contributed by atoms with E-state index in [2.05, 4.69) is 12.2 Å². The average Bonchev–Trinajstić information content (AvgIpc) is 2.41. The van der Waals surface area contributed by atoms with E-state index in [9.17, 15) is 4.79 Å². The molecule has 4 fully saturated rings. The fourth-order valence-electron chi connectivity index (χ4n) is 5.45. The van der Waals surface area contributed by atoms with E-state index in [1.807, 2.05) is 0 Å². The summed E-state index contributed by atoms with van der Waals surface area (Å²) >= 11 is 0. The zero-order chi connectivity index (χ0) is 14.2. The van der Waals surface area contributed by atoms with Crippen LogP contribution in [0.4, 0.5) is 0 Å². The van der Waals surface area contributed by atoms with Crippen LogP contribution >= 0.6 is 0 Å². The molecule has 3 nitrogen and oxygen atoms in total. The van der Waals surface area contributed by atoms with Crippen molar-refractivity contribution in [3.8, 4) is 0 Å². The molecule has 0 heterocycles. The van der Waals surface area contributed by atoms with Gasteiger partial charge >= 0.3 is 0 Å². The van der Waals surface area contributed by atoms with Crippen LogP contribution in [0, 0.1) is 29.1 Å². The molecule has 1 unspecified atom stereocenters. The molecule has 4 aliphatic carbocycles. The molecule has 0 aliphatic heterocycles. The van der Waals surface area contributed by atoms with E-state index in [4.69, 9.17) is 5.11 Å². The molecule has 0 saturated heterocycles. The van der Waals surface area contributed by atoms with Crippen molar-refractivity contribution >= 4 is 5.91 Å². The van der Waals surface area contributed by atoms with Crippen LogP contribution in [0.25, 0.3) is 0 Å². The van der Waals surface area contributed by atoms with E-state index in [1.54, 1.807) is 0 Å². The van der Waals surface area contributed by atoms with Gasteiger partial charge in [0.2, 0.25) is 5.91 Å². The maximum Gasteiger partial charge on any atom is 0.226 e. The molecule has 4 saturated carbocycles. The second-order valence-corrected chi connectivity index (χ2v) is 7.69. The van der Waals surface area contributed by atoms with Crippen molar-refractivity contribution in [2.24, 2.45) is 29.1 Å². The molecule has 0 aromatic heterocycles. The van der Waals surface area contributed by atoms with Crippen LogP contribution in [0.15, 0.2) is 0 Å². The van der Waals surface area contributed by atoms with Gasteiger partial charge in [-0.25, -0.2) is 0 Å². The predicted molar refractivity (Wildman–Crippen MR) is 79.1 cm³/mol. The first kappa shape index (κ1) is 14.4. The van der Waals surface area contributed by atoms with Gasteiger partial charge in [0.15, 0.2) is 0 Å². The Morgan fingerprint density at radius 2 is 1.75 bits per heavy atom. The Bertz CT molecular complexity index is 331. The third-order valence-electron chi connectivity index (χ3n) is 6.19. The van der Waals surface area contributed by atoms with E-state index in [0.717, 1.165) is 56.4 Å². The van der Waals surface area contributed by atoms with Crippen LogP contribution in [0.2, 0.25) is 0 Å². The molecule has 0 aromatic rings. The summed E-state index contributed by atoms with van der Waals surface area (Å²) < 4.78 is 0. The largest absolute Gasteiger partial charge is 0.396 e. The molecule has 1 atom stereocenters. The smallest absolute Gasteiger partial charge is 0.226 e. The van der Waals surface area contributed by atoms with Crippen LogP contribution in [0.5, 0.6) is 0 Å². The average molecular weight is 279 g/mol. The van der Waals surface area contributed by atoms with Gasteiger partial charge in [-0.15, -0.1) is 0 Å². The second-order valence-electron chi connectivity index (χ2n) is 7.69. The molecule has 4 rings (SSSR count). The summed E-state index contributed by atoms with van der Waals surface area (Å²) in [6.45, 7) is 3.11. The number of carbonyl (C=O) groups excluding carboxylic acids is 1. The maximum absolute atomic E-state index is 12.7. The number of hydrogen-bond acceptors (Lipinski definition) is 2. The second kappa shape index (κ2) is 5.67. The molecule has 2 N–H and O–H groups in total. The number of aliphatic hydroxyl groups excluding tert-OH is 1. The molecule has 3 heteroatoms. The molecule has 114 valence electrons. The van der Waals surface area contributed by atoms with Gasteiger partial charge in [-0.3, -0.25) is 4.79 Å². The zero-order valence-corrected chi connectivity index (χ0v) is 12.7. The Kier molecular flexibility index (Phi) is 4.07. The third kappa shape index (κ3) is 2.61. The first-order chi connectivity index (χ1) is 9.65. The topological polar surface area (TPSA) is 49.3 Å². The number of rotatable bonds is 6. The van der Waals surface area contributed by atoms with Gasteiger partial charge in [0, 0.05) is 18.6 Å². The van der Waals surface area contributed by atoms with Gasteiger partial charge in [-0.05, 0) is 68.6 Å². The SMILES string of the molecule is CCC(CCO)CNC(=O)C12CC3CC(CC(C3)C1)C2. The van der Waals surface area contributed by atoms with Crippen molar-refractivity contribution in [1.82, 2.24) is 5.32 Å². The van der Waals surface area contributed by atoms with Gasteiger partial charge in [0.1, 0.15) is 0 Å². The highest BCUT2D eigenvalue weighted by Gasteiger charge is 2.54. The molecule has 4 aliphatic rings. The predicted octanol–water partition coefficient (Wildman–Crippen LogP) is 2.73. The normalized spacial score (nSPS) is 39.8. The van der Waals surface area contributed by atoms with Crippen LogP contribution in [0.3, 0.4) is 0 Å². The quantitative estimate of drug-likeness (QED) is 0.785. The molecule has 0 aromatic carbocycles. The van der Waals surface area contributed by atoms with Crippen molar-refractivity contribution in [1.29, 1.82) is 0 Å². The Morgan fingerprint density at radius 1 is 1.20 bits per heavy atom. The number of hydrogen-bond donors (Lipinski definition) is 2. The summed E-state index contributed by atoms with van der Waals surface area (Å²) in [7, 11) is 0. The number of amides is 1. The summed E-state index contributed by atoms with van der Waals surface area (Å²) in [4.78, 5) is 12.7. The standard InChI is InChI=1S/C17H29NO2/c1-2-12(3-4-19)11-18-16(20)17-8-13-5-14(9-17)7-15(6-13)10-17/h12-15,19H,2-11H2,1H3,(H,18,20). The van der Waals surface area contributed by atoms with Crippen LogP contribution < -0.4 is 5.32 Å². The summed E-state index contributed by atoms with van der Waals surface area (Å²) in [6, 6.07) is 0. The van der Waals surface area contributed by atoms with Crippen molar-refractivity contribution in [3.63, 3.8) is 0 Å². The number of nitrogens with one attached hydrogen (secondary N) is 1. The molecule has 0 radical (unpaired) electrons. The Hall–Kier alpha value is -0.570. The fourth-order valence-corrected chi connectivity index (χ4v) is 5.45. The lowest BCUT2D eigenvalue weighted by Gasteiger charge is -2.55. The highest BCUT2D eigenvalue weighted by Crippen LogP contribution is 2.60. The van der Waals surface area contributed by atoms with Gasteiger partial charge in [-0.1, -0.05) is 13.3 Å². The third-order valence-corrected chi connectivity index (χ3v) is 6.19. The summed E-state index contributed by atoms with van der Waals surface area (Å²) in [5.74, 6) is 3.23. The Morgan fingerprint density at radius 3 is 2.20 bits per heavy atom. The Labute approximate surface area is 122 Å². The van der Waals surface area contributed by atoms with Crippen molar-refractivity contribution in [2.75, 3.05) is 13.2 Å². The maximum atomic E-state index is 12.7. The Balaban J connectivity index is 1.59. The highest BCUT2D eigenvalue weighted by molar-refractivity contribution is 5.83. The molecule has 20 heavy (non-hydrogen) atoms. The number of aliphatic hydroxyl groups is 1. The number of carbonyl (C=O) groups is 1. The van der Waals surface area contributed by atoms with Gasteiger partial charge in [-0.2, -0.15) is 0 Å². The van der Waals surface area contributed by atoms with E-state index in [-0.39, 0.29) is 12.0 Å². The van der Waals surface area contributed by atoms with Gasteiger partial charge < -0.3 is 10.4 Å². The zero-order valence-electron chi connectivity index (χ0n) is 12.7. The summed E-state index contributed by atoms with van der Waals surface area (Å²) in [6.07, 6.45) is 9.40. The minimum Gasteiger partial charge on any atom is -0.396 e. The van der Waals surface area contributed by atoms with Gasteiger partial charge in [0.05, 0.1) is 0 Å². The lowest BCUT2D eigenvalue weighted by atomic mass is 9.49. The van der Waals surface area contributed by atoms with Gasteiger partial charge in [0.25, 0.3) is 0 Å². The molecular weight excluding hydrogens is 250 g/mol. The molecular formula is C17H29NO2. The van der Waals surface area contributed by atoms with Crippen molar-refractivity contribution in [3.05, 3.63) is 0 Å². The van der Waals surface area contributed by atoms with E-state index in [0.29, 0.717) is 11.8 Å². The van der Waals surface area contributed by atoms with Crippen molar-refractivity contribution < 1.29 is 9.90 Å². The van der Waals surface area contributed by atoms with E-state index < -0.39 is 0 Å². The first-order valence-electron chi connectivity index (χ1n) is 8.54. The monoisotopic (exact) mass is 279 g/mol. The molecule has 0 spiro atoms. The summed E-state index contributed by atoms with van der Waals surface area (Å²) in [5.41, 5.74) is -0.0216. The van der Waals surface area contributed by atoms with Crippen LogP contribution in [-0.4, -0.2) is 24.2 Å². The minimum absolute atomic E-state index is 0.0216. The van der Waals surface area contributed by atoms with Crippen LogP contribution in [0.1, 0.15) is 58.3 Å².